The zero-order chi connectivity index (χ0) is 17.4. The molecule has 1 saturated heterocycles. The third-order valence-corrected chi connectivity index (χ3v) is 6.41. The van der Waals surface area contributed by atoms with Gasteiger partial charge in [0.1, 0.15) is 10.7 Å². The average molecular weight is 360 g/mol. The minimum atomic E-state index is 0.0345. The molecule has 1 N–H and O–H groups in total. The topological polar surface area (TPSA) is 67.2 Å². The van der Waals surface area contributed by atoms with Crippen molar-refractivity contribution in [2.75, 3.05) is 26.2 Å². The van der Waals surface area contributed by atoms with Gasteiger partial charge in [0, 0.05) is 32.6 Å². The van der Waals surface area contributed by atoms with Crippen LogP contribution in [-0.2, 0) is 13.0 Å². The third-order valence-electron chi connectivity index (χ3n) is 5.23. The summed E-state index contributed by atoms with van der Waals surface area (Å²) in [5, 5.41) is 3.97. The molecule has 2 aromatic rings. The highest BCUT2D eigenvalue weighted by molar-refractivity contribution is 7.20. The van der Waals surface area contributed by atoms with Crippen molar-refractivity contribution in [1.29, 1.82) is 0 Å². The molecule has 25 heavy (non-hydrogen) atoms. The molecule has 1 amide bonds. The first-order chi connectivity index (χ1) is 12.2. The fourth-order valence-corrected chi connectivity index (χ4v) is 4.96. The van der Waals surface area contributed by atoms with Crippen molar-refractivity contribution in [3.05, 3.63) is 26.6 Å². The predicted octanol–water partition coefficient (Wildman–Crippen LogP) is 1.93. The first kappa shape index (κ1) is 16.7. The molecule has 1 fully saturated rings. The molecule has 0 unspecified atom stereocenters. The van der Waals surface area contributed by atoms with Crippen molar-refractivity contribution in [3.8, 4) is 0 Å². The summed E-state index contributed by atoms with van der Waals surface area (Å²) in [5.74, 6) is 0.929. The Hall–Kier alpha value is -1.73. The number of fused-ring (bicyclic) bond motifs is 2. The second kappa shape index (κ2) is 6.88. The van der Waals surface area contributed by atoms with Gasteiger partial charge in [-0.3, -0.25) is 14.2 Å². The number of carbonyl (C=O) groups excluding carboxylic acids is 1. The maximum Gasteiger partial charge on any atom is 0.264 e. The lowest BCUT2D eigenvalue weighted by molar-refractivity contribution is 0.0770. The number of aromatic nitrogens is 2. The molecule has 7 heteroatoms. The Morgan fingerprint density at radius 3 is 2.88 bits per heavy atom. The van der Waals surface area contributed by atoms with Gasteiger partial charge in [0.15, 0.2) is 0 Å². The van der Waals surface area contributed by atoms with E-state index in [2.05, 4.69) is 5.32 Å². The fraction of sp³-hybridized carbons (Fsp3) is 0.611. The number of carbonyl (C=O) groups is 1. The summed E-state index contributed by atoms with van der Waals surface area (Å²) in [6.45, 7) is 5.90. The highest BCUT2D eigenvalue weighted by atomic mass is 32.1. The number of hydrogen-bond acceptors (Lipinski definition) is 5. The summed E-state index contributed by atoms with van der Waals surface area (Å²) in [4.78, 5) is 34.1. The molecule has 6 nitrogen and oxygen atoms in total. The van der Waals surface area contributed by atoms with E-state index in [-0.39, 0.29) is 11.5 Å². The standard InChI is InChI=1S/C18H24N4O2S/c1-12-14-16(20-13-6-3-2-4-10-22(13)17(14)23)25-15(12)18(24)21-9-5-7-19-8-11-21/h19H,2-11H2,1H3. The Morgan fingerprint density at radius 2 is 2.00 bits per heavy atom. The monoisotopic (exact) mass is 360 g/mol. The Labute approximate surface area is 150 Å². The summed E-state index contributed by atoms with van der Waals surface area (Å²) in [6.07, 6.45) is 5.06. The number of aryl methyl sites for hydroxylation is 2. The molecule has 0 aliphatic carbocycles. The predicted molar refractivity (Wildman–Crippen MR) is 99.6 cm³/mol. The Kier molecular flexibility index (Phi) is 4.60. The summed E-state index contributed by atoms with van der Waals surface area (Å²) in [6, 6.07) is 0. The molecule has 2 aliphatic heterocycles. The van der Waals surface area contributed by atoms with Crippen molar-refractivity contribution < 1.29 is 4.79 Å². The Morgan fingerprint density at radius 1 is 1.12 bits per heavy atom. The number of nitrogens with zero attached hydrogens (tertiary/aromatic N) is 3. The van der Waals surface area contributed by atoms with Crippen LogP contribution in [0.15, 0.2) is 4.79 Å². The van der Waals surface area contributed by atoms with Crippen molar-refractivity contribution in [3.63, 3.8) is 0 Å². The minimum Gasteiger partial charge on any atom is -0.337 e. The van der Waals surface area contributed by atoms with Gasteiger partial charge in [-0.05, 0) is 38.3 Å². The molecule has 134 valence electrons. The molecule has 2 aliphatic rings. The van der Waals surface area contributed by atoms with E-state index in [0.717, 1.165) is 81.0 Å². The van der Waals surface area contributed by atoms with Crippen LogP contribution in [0.1, 0.15) is 46.7 Å². The van der Waals surface area contributed by atoms with E-state index in [4.69, 9.17) is 4.98 Å². The number of rotatable bonds is 1. The molecule has 0 bridgehead atoms. The fourth-order valence-electron chi connectivity index (χ4n) is 3.81. The van der Waals surface area contributed by atoms with E-state index >= 15 is 0 Å². The molecule has 0 aromatic carbocycles. The van der Waals surface area contributed by atoms with E-state index in [1.807, 2.05) is 16.4 Å². The first-order valence-electron chi connectivity index (χ1n) is 9.19. The van der Waals surface area contributed by atoms with Gasteiger partial charge < -0.3 is 10.2 Å². The van der Waals surface area contributed by atoms with Crippen molar-refractivity contribution >= 4 is 27.5 Å². The van der Waals surface area contributed by atoms with Gasteiger partial charge in [-0.25, -0.2) is 4.98 Å². The maximum absolute atomic E-state index is 13.0. The Bertz CT molecular complexity index is 862. The molecule has 0 spiro atoms. The van der Waals surface area contributed by atoms with Crippen LogP contribution in [0.25, 0.3) is 10.2 Å². The zero-order valence-corrected chi connectivity index (χ0v) is 15.5. The van der Waals surface area contributed by atoms with E-state index in [9.17, 15) is 9.59 Å². The number of thiophene rings is 1. The van der Waals surface area contributed by atoms with E-state index in [0.29, 0.717) is 10.3 Å². The Balaban J connectivity index is 1.78. The molecule has 4 rings (SSSR count). The minimum absolute atomic E-state index is 0.0345. The lowest BCUT2D eigenvalue weighted by atomic mass is 10.2. The lowest BCUT2D eigenvalue weighted by Gasteiger charge is -2.19. The highest BCUT2D eigenvalue weighted by Crippen LogP contribution is 2.29. The van der Waals surface area contributed by atoms with E-state index in [1.165, 1.54) is 11.3 Å². The van der Waals surface area contributed by atoms with Crippen LogP contribution in [-0.4, -0.2) is 46.5 Å². The lowest BCUT2D eigenvalue weighted by Crippen LogP contribution is -2.34. The van der Waals surface area contributed by atoms with Gasteiger partial charge in [-0.1, -0.05) is 6.42 Å². The van der Waals surface area contributed by atoms with Gasteiger partial charge >= 0.3 is 0 Å². The van der Waals surface area contributed by atoms with Crippen LogP contribution in [0.4, 0.5) is 0 Å². The van der Waals surface area contributed by atoms with Gasteiger partial charge in [-0.2, -0.15) is 0 Å². The largest absolute Gasteiger partial charge is 0.337 e. The molecular formula is C18H24N4O2S. The zero-order valence-electron chi connectivity index (χ0n) is 14.6. The smallest absolute Gasteiger partial charge is 0.264 e. The number of amides is 1. The van der Waals surface area contributed by atoms with Crippen LogP contribution in [0.3, 0.4) is 0 Å². The number of nitrogens with one attached hydrogen (secondary N) is 1. The van der Waals surface area contributed by atoms with Crippen LogP contribution in [0.5, 0.6) is 0 Å². The summed E-state index contributed by atoms with van der Waals surface area (Å²) >= 11 is 1.39. The van der Waals surface area contributed by atoms with Gasteiger partial charge in [-0.15, -0.1) is 11.3 Å². The van der Waals surface area contributed by atoms with E-state index in [1.54, 1.807) is 0 Å². The molecule has 2 aromatic heterocycles. The molecule has 0 radical (unpaired) electrons. The highest BCUT2D eigenvalue weighted by Gasteiger charge is 2.25. The quantitative estimate of drug-likeness (QED) is 0.844. The first-order valence-corrected chi connectivity index (χ1v) is 10.0. The van der Waals surface area contributed by atoms with Crippen LogP contribution in [0, 0.1) is 6.92 Å². The van der Waals surface area contributed by atoms with Crippen molar-refractivity contribution in [2.45, 2.75) is 45.6 Å². The maximum atomic E-state index is 13.0. The molecular weight excluding hydrogens is 336 g/mol. The van der Waals surface area contributed by atoms with Gasteiger partial charge in [0.25, 0.3) is 11.5 Å². The molecule has 0 saturated carbocycles. The van der Waals surface area contributed by atoms with Crippen LogP contribution >= 0.6 is 11.3 Å². The SMILES string of the molecule is Cc1c(C(=O)N2CCCNCC2)sc2nc3n(c(=O)c12)CCCCC3. The van der Waals surface area contributed by atoms with Crippen LogP contribution < -0.4 is 10.9 Å². The van der Waals surface area contributed by atoms with Crippen molar-refractivity contribution in [1.82, 2.24) is 19.8 Å². The second-order valence-corrected chi connectivity index (χ2v) is 7.93. The van der Waals surface area contributed by atoms with E-state index < -0.39 is 0 Å². The summed E-state index contributed by atoms with van der Waals surface area (Å²) < 4.78 is 1.83. The molecule has 4 heterocycles. The van der Waals surface area contributed by atoms with Crippen LogP contribution in [0.2, 0.25) is 0 Å². The number of hydrogen-bond donors (Lipinski definition) is 1. The van der Waals surface area contributed by atoms with Crippen molar-refractivity contribution in [2.24, 2.45) is 0 Å². The average Bonchev–Trinajstić information content (AvgIpc) is 2.85. The second-order valence-electron chi connectivity index (χ2n) is 6.93. The summed E-state index contributed by atoms with van der Waals surface area (Å²) in [7, 11) is 0. The van der Waals surface area contributed by atoms with Gasteiger partial charge in [0.2, 0.25) is 0 Å². The summed E-state index contributed by atoms with van der Waals surface area (Å²) in [5.41, 5.74) is 0.839. The third kappa shape index (κ3) is 3.00. The van der Waals surface area contributed by atoms with Gasteiger partial charge in [0.05, 0.1) is 10.3 Å². The molecule has 0 atom stereocenters. The normalized spacial score (nSPS) is 18.7.